The van der Waals surface area contributed by atoms with Crippen molar-refractivity contribution in [1.82, 2.24) is 0 Å². The lowest BCUT2D eigenvalue weighted by atomic mass is 9.87. The van der Waals surface area contributed by atoms with E-state index in [1.807, 2.05) is 12.1 Å². The van der Waals surface area contributed by atoms with Crippen LogP contribution in [0.2, 0.25) is 5.02 Å². The zero-order valence-electron chi connectivity index (χ0n) is 13.1. The predicted molar refractivity (Wildman–Crippen MR) is 88.1 cm³/mol. The second-order valence-electron chi connectivity index (χ2n) is 6.02. The first kappa shape index (κ1) is 16.4. The lowest BCUT2D eigenvalue weighted by Crippen LogP contribution is -2.13. The normalized spacial score (nSPS) is 11.1. The Hall–Kier alpha value is -2.00. The Kier molecular flexibility index (Phi) is 4.77. The summed E-state index contributed by atoms with van der Waals surface area (Å²) in [4.78, 5) is 12.3. The van der Waals surface area contributed by atoms with E-state index in [2.05, 4.69) is 20.8 Å². The Labute approximate surface area is 135 Å². The highest BCUT2D eigenvalue weighted by Gasteiger charge is 2.18. The fourth-order valence-corrected chi connectivity index (χ4v) is 2.19. The van der Waals surface area contributed by atoms with Crippen molar-refractivity contribution in [3.8, 4) is 11.5 Å². The molecule has 0 aromatic heterocycles. The third-order valence-electron chi connectivity index (χ3n) is 3.29. The number of ether oxygens (including phenoxy) is 2. The van der Waals surface area contributed by atoms with Crippen LogP contribution in [0.1, 0.15) is 36.7 Å². The van der Waals surface area contributed by atoms with Gasteiger partial charge in [-0.2, -0.15) is 0 Å². The van der Waals surface area contributed by atoms with Gasteiger partial charge < -0.3 is 9.47 Å². The predicted octanol–water partition coefficient (Wildman–Crippen LogP) is 4.87. The fourth-order valence-electron chi connectivity index (χ4n) is 2.00. The van der Waals surface area contributed by atoms with E-state index in [1.54, 1.807) is 37.4 Å². The van der Waals surface area contributed by atoms with Gasteiger partial charge in [-0.15, -0.1) is 0 Å². The van der Waals surface area contributed by atoms with Crippen molar-refractivity contribution in [2.75, 3.05) is 7.11 Å². The lowest BCUT2D eigenvalue weighted by Gasteiger charge is -2.20. The van der Waals surface area contributed by atoms with Crippen molar-refractivity contribution in [2.45, 2.75) is 26.2 Å². The minimum absolute atomic E-state index is 0.0521. The zero-order chi connectivity index (χ0) is 16.3. The van der Waals surface area contributed by atoms with Gasteiger partial charge in [-0.25, -0.2) is 4.79 Å². The summed E-state index contributed by atoms with van der Waals surface area (Å²) in [5.41, 5.74) is 1.40. The molecule has 2 rings (SSSR count). The van der Waals surface area contributed by atoms with Crippen LogP contribution in [-0.4, -0.2) is 13.1 Å². The summed E-state index contributed by atoms with van der Waals surface area (Å²) in [7, 11) is 1.54. The van der Waals surface area contributed by atoms with E-state index in [4.69, 9.17) is 21.1 Å². The van der Waals surface area contributed by atoms with Crippen molar-refractivity contribution in [3.63, 3.8) is 0 Å². The van der Waals surface area contributed by atoms with E-state index in [1.165, 1.54) is 0 Å². The first-order valence-electron chi connectivity index (χ1n) is 6.97. The molecule has 0 aliphatic heterocycles. The monoisotopic (exact) mass is 318 g/mol. The molecule has 0 fully saturated rings. The highest BCUT2D eigenvalue weighted by Crippen LogP contribution is 2.33. The van der Waals surface area contributed by atoms with E-state index in [0.717, 1.165) is 5.56 Å². The minimum Gasteiger partial charge on any atom is -0.493 e. The minimum atomic E-state index is -0.466. The number of methoxy groups -OCH3 is 1. The SMILES string of the molecule is COc1ccc(C(C)(C)C)cc1OC(=O)c1cccc(Cl)c1. The summed E-state index contributed by atoms with van der Waals surface area (Å²) in [5.74, 6) is 0.454. The number of halogens is 1. The average molecular weight is 319 g/mol. The molecule has 0 atom stereocenters. The van der Waals surface area contributed by atoms with Crippen LogP contribution < -0.4 is 9.47 Å². The van der Waals surface area contributed by atoms with Crippen molar-refractivity contribution in [3.05, 3.63) is 58.6 Å². The molecule has 4 heteroatoms. The zero-order valence-corrected chi connectivity index (χ0v) is 13.9. The molecule has 3 nitrogen and oxygen atoms in total. The highest BCUT2D eigenvalue weighted by molar-refractivity contribution is 6.30. The van der Waals surface area contributed by atoms with Gasteiger partial charge in [-0.05, 0) is 41.3 Å². The molecule has 0 N–H and O–H groups in total. The quantitative estimate of drug-likeness (QED) is 0.598. The number of esters is 1. The van der Waals surface area contributed by atoms with Gasteiger partial charge in [0.15, 0.2) is 11.5 Å². The second-order valence-corrected chi connectivity index (χ2v) is 6.45. The van der Waals surface area contributed by atoms with Gasteiger partial charge in [-0.1, -0.05) is 44.5 Å². The topological polar surface area (TPSA) is 35.5 Å². The van der Waals surface area contributed by atoms with Gasteiger partial charge in [0.25, 0.3) is 0 Å². The molecule has 22 heavy (non-hydrogen) atoms. The van der Waals surface area contributed by atoms with E-state index < -0.39 is 5.97 Å². The Morgan fingerprint density at radius 2 is 1.77 bits per heavy atom. The number of hydrogen-bond donors (Lipinski definition) is 0. The van der Waals surface area contributed by atoms with Crippen molar-refractivity contribution in [1.29, 1.82) is 0 Å². The molecule has 2 aromatic carbocycles. The van der Waals surface area contributed by atoms with Gasteiger partial charge in [0.05, 0.1) is 12.7 Å². The summed E-state index contributed by atoms with van der Waals surface area (Å²) >= 11 is 5.90. The smallest absolute Gasteiger partial charge is 0.343 e. The van der Waals surface area contributed by atoms with Crippen molar-refractivity contribution in [2.24, 2.45) is 0 Å². The van der Waals surface area contributed by atoms with Crippen LogP contribution in [0.3, 0.4) is 0 Å². The number of carbonyl (C=O) groups excluding carboxylic acids is 1. The maximum absolute atomic E-state index is 12.3. The molecule has 0 aliphatic rings. The average Bonchev–Trinajstić information content (AvgIpc) is 2.46. The molecule has 0 bridgehead atoms. The van der Waals surface area contributed by atoms with Crippen LogP contribution in [0.5, 0.6) is 11.5 Å². The largest absolute Gasteiger partial charge is 0.493 e. The maximum atomic E-state index is 12.3. The van der Waals surface area contributed by atoms with Crippen molar-refractivity contribution >= 4 is 17.6 Å². The standard InChI is InChI=1S/C18H19ClO3/c1-18(2,3)13-8-9-15(21-4)16(11-13)22-17(20)12-6-5-7-14(19)10-12/h5-11H,1-4H3. The molecule has 0 spiro atoms. The molecular weight excluding hydrogens is 300 g/mol. The Morgan fingerprint density at radius 3 is 2.36 bits per heavy atom. The number of benzene rings is 2. The Morgan fingerprint density at radius 1 is 1.05 bits per heavy atom. The van der Waals surface area contributed by atoms with Crippen molar-refractivity contribution < 1.29 is 14.3 Å². The molecule has 2 aromatic rings. The molecule has 116 valence electrons. The van der Waals surface area contributed by atoms with Gasteiger partial charge >= 0.3 is 5.97 Å². The van der Waals surface area contributed by atoms with Gasteiger partial charge in [0.1, 0.15) is 0 Å². The molecule has 0 saturated heterocycles. The van der Waals surface area contributed by atoms with E-state index in [0.29, 0.717) is 22.1 Å². The van der Waals surface area contributed by atoms with Crippen LogP contribution in [0.25, 0.3) is 0 Å². The van der Waals surface area contributed by atoms with E-state index >= 15 is 0 Å². The summed E-state index contributed by atoms with van der Waals surface area (Å²) in [6, 6.07) is 12.3. The molecule has 0 radical (unpaired) electrons. The Bertz CT molecular complexity index is 687. The van der Waals surface area contributed by atoms with Crippen LogP contribution in [0, 0.1) is 0 Å². The Balaban J connectivity index is 2.33. The molecule has 0 amide bonds. The number of carbonyl (C=O) groups is 1. The van der Waals surface area contributed by atoms with Gasteiger partial charge in [-0.3, -0.25) is 0 Å². The van der Waals surface area contributed by atoms with Crippen LogP contribution in [0.4, 0.5) is 0 Å². The fraction of sp³-hybridized carbons (Fsp3) is 0.278. The summed E-state index contributed by atoms with van der Waals surface area (Å²) in [6.45, 7) is 6.28. The number of hydrogen-bond acceptors (Lipinski definition) is 3. The first-order chi connectivity index (χ1) is 10.3. The third-order valence-corrected chi connectivity index (χ3v) is 3.53. The van der Waals surface area contributed by atoms with Crippen LogP contribution in [-0.2, 0) is 5.41 Å². The molecular formula is C18H19ClO3. The van der Waals surface area contributed by atoms with Gasteiger partial charge in [0, 0.05) is 5.02 Å². The number of rotatable bonds is 3. The van der Waals surface area contributed by atoms with Gasteiger partial charge in [0.2, 0.25) is 0 Å². The lowest BCUT2D eigenvalue weighted by molar-refractivity contribution is 0.0729. The molecule has 0 heterocycles. The molecule has 0 saturated carbocycles. The third kappa shape index (κ3) is 3.80. The summed E-state index contributed by atoms with van der Waals surface area (Å²) in [6.07, 6.45) is 0. The van der Waals surface area contributed by atoms with Crippen LogP contribution >= 0.6 is 11.6 Å². The summed E-state index contributed by atoms with van der Waals surface area (Å²) in [5, 5.41) is 0.491. The second kappa shape index (κ2) is 6.41. The first-order valence-corrected chi connectivity index (χ1v) is 7.35. The van der Waals surface area contributed by atoms with E-state index in [9.17, 15) is 4.79 Å². The van der Waals surface area contributed by atoms with Crippen LogP contribution in [0.15, 0.2) is 42.5 Å². The maximum Gasteiger partial charge on any atom is 0.343 e. The summed E-state index contributed by atoms with van der Waals surface area (Å²) < 4.78 is 10.8. The molecule has 0 unspecified atom stereocenters. The van der Waals surface area contributed by atoms with E-state index in [-0.39, 0.29) is 5.41 Å². The molecule has 0 aliphatic carbocycles. The highest BCUT2D eigenvalue weighted by atomic mass is 35.5.